The maximum absolute atomic E-state index is 14.8. The van der Waals surface area contributed by atoms with Gasteiger partial charge in [-0.25, -0.2) is 9.37 Å². The molecule has 6 nitrogen and oxygen atoms in total. The molecular formula is C26H27FN4O2S. The second-order valence-corrected chi connectivity index (χ2v) is 9.32. The molecule has 3 heterocycles. The number of nitrogens with one attached hydrogen (secondary N) is 2. The molecule has 1 saturated heterocycles. The van der Waals surface area contributed by atoms with Gasteiger partial charge in [-0.1, -0.05) is 18.2 Å². The molecule has 2 aromatic heterocycles. The number of thiophene rings is 1. The van der Waals surface area contributed by atoms with Gasteiger partial charge in [0.25, 0.3) is 5.91 Å². The fraction of sp³-hybridized carbons (Fsp3) is 0.308. The number of carbonyl (C=O) groups excluding carboxylic acids is 1. The summed E-state index contributed by atoms with van der Waals surface area (Å²) >= 11 is 1.54. The van der Waals surface area contributed by atoms with E-state index in [1.54, 1.807) is 24.5 Å². The number of morpholine rings is 1. The molecule has 0 spiro atoms. The van der Waals surface area contributed by atoms with Crippen LogP contribution in [-0.4, -0.2) is 55.7 Å². The van der Waals surface area contributed by atoms with Gasteiger partial charge < -0.3 is 15.4 Å². The van der Waals surface area contributed by atoms with Crippen molar-refractivity contribution in [2.75, 3.05) is 45.2 Å². The van der Waals surface area contributed by atoms with Gasteiger partial charge >= 0.3 is 0 Å². The van der Waals surface area contributed by atoms with Gasteiger partial charge in [-0.2, -0.15) is 0 Å². The second-order valence-electron chi connectivity index (χ2n) is 8.40. The first-order valence-electron chi connectivity index (χ1n) is 11.5. The van der Waals surface area contributed by atoms with Crippen molar-refractivity contribution < 1.29 is 13.9 Å². The van der Waals surface area contributed by atoms with Gasteiger partial charge in [0.15, 0.2) is 0 Å². The lowest BCUT2D eigenvalue weighted by molar-refractivity contribution is 0.0374. The fourth-order valence-electron chi connectivity index (χ4n) is 4.43. The highest BCUT2D eigenvalue weighted by atomic mass is 32.1. The predicted molar refractivity (Wildman–Crippen MR) is 136 cm³/mol. The number of benzene rings is 2. The first-order chi connectivity index (χ1) is 16.6. The van der Waals surface area contributed by atoms with Crippen LogP contribution in [-0.2, 0) is 11.2 Å². The number of hydrogen-bond donors (Lipinski definition) is 2. The number of fused-ring (bicyclic) bond motifs is 3. The van der Waals surface area contributed by atoms with Crippen LogP contribution in [0.1, 0.15) is 22.3 Å². The summed E-state index contributed by atoms with van der Waals surface area (Å²) in [5.41, 5.74) is 2.56. The molecule has 2 aromatic carbocycles. The van der Waals surface area contributed by atoms with Crippen LogP contribution in [0, 0.1) is 5.82 Å². The topological polar surface area (TPSA) is 66.5 Å². The van der Waals surface area contributed by atoms with Crippen LogP contribution in [0.5, 0.6) is 0 Å². The number of para-hydroxylation sites is 1. The standard InChI is InChI=1S/C26H27FN4O2S/c1-28-26(32)20-6-2-5-18-19-9-15-34-24(19)25(30-23(18)20)29-22-16-17(7-8-21(22)27)4-3-10-31-11-13-33-14-12-31/h2,5-9,15-16H,3-4,10-14H2,1H3,(H,28,32)(H,29,30). The van der Waals surface area contributed by atoms with Gasteiger partial charge in [0, 0.05) is 30.9 Å². The van der Waals surface area contributed by atoms with Crippen molar-refractivity contribution in [1.29, 1.82) is 0 Å². The minimum atomic E-state index is -0.330. The van der Waals surface area contributed by atoms with Crippen LogP contribution in [0.2, 0.25) is 0 Å². The highest BCUT2D eigenvalue weighted by Gasteiger charge is 2.17. The summed E-state index contributed by atoms with van der Waals surface area (Å²) in [6.45, 7) is 4.54. The lowest BCUT2D eigenvalue weighted by Gasteiger charge is -2.26. The Morgan fingerprint density at radius 2 is 2.03 bits per heavy atom. The van der Waals surface area contributed by atoms with E-state index in [1.165, 1.54) is 6.07 Å². The van der Waals surface area contributed by atoms with E-state index in [0.29, 0.717) is 22.6 Å². The van der Waals surface area contributed by atoms with Crippen LogP contribution in [0.15, 0.2) is 47.8 Å². The Morgan fingerprint density at radius 3 is 2.85 bits per heavy atom. The fourth-order valence-corrected chi connectivity index (χ4v) is 5.29. The highest BCUT2D eigenvalue weighted by molar-refractivity contribution is 7.18. The minimum absolute atomic E-state index is 0.202. The molecular weight excluding hydrogens is 451 g/mol. The van der Waals surface area contributed by atoms with Crippen LogP contribution >= 0.6 is 11.3 Å². The zero-order valence-corrected chi connectivity index (χ0v) is 19.9. The van der Waals surface area contributed by atoms with Crippen molar-refractivity contribution in [2.45, 2.75) is 12.8 Å². The molecule has 1 fully saturated rings. The van der Waals surface area contributed by atoms with Crippen molar-refractivity contribution in [3.63, 3.8) is 0 Å². The Bertz CT molecular complexity index is 1330. The molecule has 0 radical (unpaired) electrons. The molecule has 0 bridgehead atoms. The van der Waals surface area contributed by atoms with E-state index in [2.05, 4.69) is 15.5 Å². The van der Waals surface area contributed by atoms with E-state index in [0.717, 1.165) is 66.7 Å². The van der Waals surface area contributed by atoms with Crippen molar-refractivity contribution in [2.24, 2.45) is 0 Å². The van der Waals surface area contributed by atoms with Gasteiger partial charge in [-0.3, -0.25) is 9.69 Å². The predicted octanol–water partition coefficient (Wildman–Crippen LogP) is 4.96. The third-order valence-electron chi connectivity index (χ3n) is 6.23. The summed E-state index contributed by atoms with van der Waals surface area (Å²) in [6, 6.07) is 12.8. The maximum atomic E-state index is 14.8. The largest absolute Gasteiger partial charge is 0.379 e. The minimum Gasteiger partial charge on any atom is -0.379 e. The number of rotatable bonds is 7. The normalized spacial score (nSPS) is 14.5. The number of carbonyl (C=O) groups is 1. The average Bonchev–Trinajstić information content (AvgIpc) is 3.37. The van der Waals surface area contributed by atoms with E-state index >= 15 is 0 Å². The SMILES string of the molecule is CNC(=O)c1cccc2c1nc(Nc1cc(CCCN3CCOCC3)ccc1F)c1sccc12. The Morgan fingerprint density at radius 1 is 1.18 bits per heavy atom. The summed E-state index contributed by atoms with van der Waals surface area (Å²) < 4.78 is 21.1. The van der Waals surface area contributed by atoms with Crippen LogP contribution < -0.4 is 10.6 Å². The summed E-state index contributed by atoms with van der Waals surface area (Å²) in [5.74, 6) is 0.0217. The van der Waals surface area contributed by atoms with Crippen molar-refractivity contribution in [1.82, 2.24) is 15.2 Å². The molecule has 0 unspecified atom stereocenters. The molecule has 2 N–H and O–H groups in total. The number of hydrogen-bond acceptors (Lipinski definition) is 6. The van der Waals surface area contributed by atoms with Crippen molar-refractivity contribution >= 4 is 49.7 Å². The van der Waals surface area contributed by atoms with Crippen LogP contribution in [0.4, 0.5) is 15.9 Å². The third-order valence-corrected chi connectivity index (χ3v) is 7.15. The number of aryl methyl sites for hydroxylation is 1. The van der Waals surface area contributed by atoms with Crippen LogP contribution in [0.3, 0.4) is 0 Å². The molecule has 176 valence electrons. The van der Waals surface area contributed by atoms with Crippen LogP contribution in [0.25, 0.3) is 21.0 Å². The Hall–Kier alpha value is -3.07. The van der Waals surface area contributed by atoms with E-state index in [1.807, 2.05) is 35.7 Å². The summed E-state index contributed by atoms with van der Waals surface area (Å²) in [4.78, 5) is 19.6. The smallest absolute Gasteiger partial charge is 0.253 e. The summed E-state index contributed by atoms with van der Waals surface area (Å²) in [7, 11) is 1.60. The number of anilines is 2. The monoisotopic (exact) mass is 478 g/mol. The Kier molecular flexibility index (Phi) is 6.71. The zero-order chi connectivity index (χ0) is 23.5. The Labute approximate surface area is 201 Å². The molecule has 34 heavy (non-hydrogen) atoms. The highest BCUT2D eigenvalue weighted by Crippen LogP contribution is 2.36. The zero-order valence-electron chi connectivity index (χ0n) is 19.1. The quantitative estimate of drug-likeness (QED) is 0.393. The summed E-state index contributed by atoms with van der Waals surface area (Å²) in [6.07, 6.45) is 1.87. The number of ether oxygens (including phenoxy) is 1. The van der Waals surface area contributed by atoms with E-state index in [9.17, 15) is 9.18 Å². The van der Waals surface area contributed by atoms with E-state index in [-0.39, 0.29) is 11.7 Å². The first kappa shape index (κ1) is 22.7. The average molecular weight is 479 g/mol. The Balaban J connectivity index is 1.43. The molecule has 1 aliphatic heterocycles. The molecule has 5 rings (SSSR count). The molecule has 8 heteroatoms. The molecule has 1 aliphatic rings. The molecule has 4 aromatic rings. The van der Waals surface area contributed by atoms with Crippen molar-refractivity contribution in [3.05, 3.63) is 64.8 Å². The number of nitrogens with zero attached hydrogens (tertiary/aromatic N) is 2. The lowest BCUT2D eigenvalue weighted by atomic mass is 10.1. The third kappa shape index (κ3) is 4.61. The maximum Gasteiger partial charge on any atom is 0.253 e. The van der Waals surface area contributed by atoms with Crippen molar-refractivity contribution in [3.8, 4) is 0 Å². The van der Waals surface area contributed by atoms with Gasteiger partial charge in [0.1, 0.15) is 11.6 Å². The molecule has 1 amide bonds. The van der Waals surface area contributed by atoms with Gasteiger partial charge in [-0.15, -0.1) is 11.3 Å². The molecule has 0 atom stereocenters. The number of amides is 1. The number of aromatic nitrogens is 1. The lowest BCUT2D eigenvalue weighted by Crippen LogP contribution is -2.36. The van der Waals surface area contributed by atoms with Gasteiger partial charge in [-0.05, 0) is 54.6 Å². The molecule has 0 saturated carbocycles. The van der Waals surface area contributed by atoms with Gasteiger partial charge in [0.2, 0.25) is 0 Å². The first-order valence-corrected chi connectivity index (χ1v) is 12.4. The second kappa shape index (κ2) is 10.0. The molecule has 0 aliphatic carbocycles. The van der Waals surface area contributed by atoms with E-state index in [4.69, 9.17) is 9.72 Å². The van der Waals surface area contributed by atoms with Gasteiger partial charge in [0.05, 0.1) is 34.7 Å². The van der Waals surface area contributed by atoms with E-state index < -0.39 is 0 Å². The summed E-state index contributed by atoms with van der Waals surface area (Å²) in [5, 5.41) is 9.78. The number of halogens is 1. The number of pyridine rings is 1.